The predicted octanol–water partition coefficient (Wildman–Crippen LogP) is 0.995. The van der Waals surface area contributed by atoms with Crippen molar-refractivity contribution in [1.82, 2.24) is 9.80 Å². The van der Waals surface area contributed by atoms with E-state index < -0.39 is 17.4 Å². The van der Waals surface area contributed by atoms with Crippen LogP contribution in [0.2, 0.25) is 0 Å². The number of rotatable bonds is 2. The summed E-state index contributed by atoms with van der Waals surface area (Å²) < 4.78 is 11.0. The molecule has 0 saturated carbocycles. The fraction of sp³-hybridized carbons (Fsp3) is 0.526. The lowest BCUT2D eigenvalue weighted by Crippen LogP contribution is -2.56. The van der Waals surface area contributed by atoms with Crippen molar-refractivity contribution in [2.75, 3.05) is 33.4 Å². The minimum Gasteiger partial charge on any atom is -0.486 e. The first kappa shape index (κ1) is 17.6. The number of ether oxygens (including phenoxy) is 2. The summed E-state index contributed by atoms with van der Waals surface area (Å²) in [7, 11) is 1.67. The molecule has 27 heavy (non-hydrogen) atoms. The van der Waals surface area contributed by atoms with Gasteiger partial charge in [-0.05, 0) is 31.0 Å². The number of benzene rings is 1. The lowest BCUT2D eigenvalue weighted by atomic mass is 9.77. The van der Waals surface area contributed by atoms with Crippen LogP contribution in [0.25, 0.3) is 0 Å². The van der Waals surface area contributed by atoms with Gasteiger partial charge < -0.3 is 24.4 Å². The fourth-order valence-corrected chi connectivity index (χ4v) is 4.44. The number of nitrogens with zero attached hydrogens (tertiary/aromatic N) is 2. The Hall–Kier alpha value is -2.77. The number of aliphatic carboxylic acids is 1. The Bertz CT molecular complexity index is 799. The number of amides is 2. The number of carboxylic acids is 1. The Morgan fingerprint density at radius 2 is 1.81 bits per heavy atom. The predicted molar refractivity (Wildman–Crippen MR) is 93.8 cm³/mol. The van der Waals surface area contributed by atoms with Gasteiger partial charge in [-0.25, -0.2) is 0 Å². The third kappa shape index (κ3) is 2.79. The van der Waals surface area contributed by atoms with Crippen LogP contribution in [0, 0.1) is 5.92 Å². The molecule has 1 N–H and O–H groups in total. The first-order valence-corrected chi connectivity index (χ1v) is 9.11. The van der Waals surface area contributed by atoms with Crippen molar-refractivity contribution < 1.29 is 29.0 Å². The number of likely N-dealkylation sites (tertiary alicyclic amines) is 2. The maximum Gasteiger partial charge on any atom is 0.309 e. The molecule has 2 saturated heterocycles. The summed E-state index contributed by atoms with van der Waals surface area (Å²) in [5.74, 6) is -0.742. The second-order valence-electron chi connectivity index (χ2n) is 7.30. The van der Waals surface area contributed by atoms with E-state index in [0.717, 1.165) is 0 Å². The molecule has 0 bridgehead atoms. The molecular weight excluding hydrogens is 352 g/mol. The second-order valence-corrected chi connectivity index (χ2v) is 7.30. The van der Waals surface area contributed by atoms with Crippen molar-refractivity contribution in [2.24, 2.45) is 5.92 Å². The standard InChI is InChI=1S/C19H22N2O6/c1-20-16(22)11-13(18(24)25)19(20)4-6-21(7-5-19)17(23)12-2-3-14-15(10-12)27-9-8-26-14/h2-3,10,13H,4-9,11H2,1H3,(H,24,25)/t13-/m1/s1. The minimum atomic E-state index is -0.945. The van der Waals surface area contributed by atoms with Gasteiger partial charge in [0.15, 0.2) is 11.5 Å². The number of hydrogen-bond acceptors (Lipinski definition) is 5. The van der Waals surface area contributed by atoms with Crippen LogP contribution in [-0.2, 0) is 9.59 Å². The van der Waals surface area contributed by atoms with Gasteiger partial charge in [-0.1, -0.05) is 0 Å². The van der Waals surface area contributed by atoms with E-state index in [1.54, 1.807) is 35.0 Å². The molecule has 1 aromatic carbocycles. The van der Waals surface area contributed by atoms with E-state index in [2.05, 4.69) is 0 Å². The highest BCUT2D eigenvalue weighted by atomic mass is 16.6. The molecule has 4 rings (SSSR count). The number of fused-ring (bicyclic) bond motifs is 1. The van der Waals surface area contributed by atoms with Crippen LogP contribution >= 0.6 is 0 Å². The molecule has 0 aromatic heterocycles. The zero-order valence-electron chi connectivity index (χ0n) is 15.1. The van der Waals surface area contributed by atoms with Gasteiger partial charge in [0.1, 0.15) is 13.2 Å². The summed E-state index contributed by atoms with van der Waals surface area (Å²) in [5, 5.41) is 9.55. The average Bonchev–Trinajstić information content (AvgIpc) is 2.93. The zero-order valence-corrected chi connectivity index (χ0v) is 15.1. The van der Waals surface area contributed by atoms with Crippen LogP contribution in [0.4, 0.5) is 0 Å². The third-order valence-corrected chi connectivity index (χ3v) is 6.07. The minimum absolute atomic E-state index is 0.0297. The van der Waals surface area contributed by atoms with Crippen LogP contribution in [-0.4, -0.2) is 71.6 Å². The Labute approximate surface area is 156 Å². The molecular formula is C19H22N2O6. The average molecular weight is 374 g/mol. The van der Waals surface area contributed by atoms with Gasteiger partial charge in [0, 0.05) is 32.1 Å². The van der Waals surface area contributed by atoms with Crippen molar-refractivity contribution in [3.05, 3.63) is 23.8 Å². The van der Waals surface area contributed by atoms with Crippen molar-refractivity contribution in [1.29, 1.82) is 0 Å². The normalized spacial score (nSPS) is 23.6. The summed E-state index contributed by atoms with van der Waals surface area (Å²) >= 11 is 0. The van der Waals surface area contributed by atoms with Crippen molar-refractivity contribution in [3.63, 3.8) is 0 Å². The van der Waals surface area contributed by atoms with E-state index in [1.165, 1.54) is 0 Å². The van der Waals surface area contributed by atoms with E-state index in [9.17, 15) is 19.5 Å². The van der Waals surface area contributed by atoms with Gasteiger partial charge in [-0.2, -0.15) is 0 Å². The molecule has 0 radical (unpaired) electrons. The van der Waals surface area contributed by atoms with Crippen molar-refractivity contribution >= 4 is 17.8 Å². The molecule has 144 valence electrons. The Balaban J connectivity index is 1.50. The Morgan fingerprint density at radius 1 is 1.15 bits per heavy atom. The van der Waals surface area contributed by atoms with Gasteiger partial charge >= 0.3 is 5.97 Å². The Morgan fingerprint density at radius 3 is 2.48 bits per heavy atom. The van der Waals surface area contributed by atoms with Gasteiger partial charge in [0.05, 0.1) is 11.5 Å². The highest BCUT2D eigenvalue weighted by molar-refractivity contribution is 5.95. The molecule has 2 amide bonds. The largest absolute Gasteiger partial charge is 0.486 e. The van der Waals surface area contributed by atoms with E-state index >= 15 is 0 Å². The van der Waals surface area contributed by atoms with E-state index in [-0.39, 0.29) is 18.2 Å². The third-order valence-electron chi connectivity index (χ3n) is 6.07. The first-order chi connectivity index (χ1) is 12.9. The summed E-state index contributed by atoms with van der Waals surface area (Å²) in [6.45, 7) is 1.77. The number of hydrogen-bond donors (Lipinski definition) is 1. The molecule has 1 spiro atoms. The molecule has 8 heteroatoms. The van der Waals surface area contributed by atoms with Crippen molar-refractivity contribution in [3.8, 4) is 11.5 Å². The molecule has 8 nitrogen and oxygen atoms in total. The van der Waals surface area contributed by atoms with Crippen LogP contribution in [0.5, 0.6) is 11.5 Å². The molecule has 1 aromatic rings. The highest BCUT2D eigenvalue weighted by Gasteiger charge is 2.55. The quantitative estimate of drug-likeness (QED) is 0.830. The number of carbonyl (C=O) groups excluding carboxylic acids is 2. The number of piperidine rings is 1. The first-order valence-electron chi connectivity index (χ1n) is 9.11. The fourth-order valence-electron chi connectivity index (χ4n) is 4.44. The molecule has 1 atom stereocenters. The maximum absolute atomic E-state index is 12.9. The van der Waals surface area contributed by atoms with Gasteiger partial charge in [0.25, 0.3) is 5.91 Å². The molecule has 0 aliphatic carbocycles. The molecule has 2 fully saturated rings. The summed E-state index contributed by atoms with van der Waals surface area (Å²) in [6, 6.07) is 5.13. The zero-order chi connectivity index (χ0) is 19.2. The number of carbonyl (C=O) groups is 3. The summed E-state index contributed by atoms with van der Waals surface area (Å²) in [5.41, 5.74) is -0.187. The van der Waals surface area contributed by atoms with E-state index in [4.69, 9.17) is 9.47 Å². The smallest absolute Gasteiger partial charge is 0.309 e. The summed E-state index contributed by atoms with van der Waals surface area (Å²) in [6.07, 6.45) is 0.951. The number of carboxylic acid groups (broad SMARTS) is 1. The molecule has 3 aliphatic heterocycles. The molecule has 3 aliphatic rings. The molecule has 0 unspecified atom stereocenters. The second kappa shape index (κ2) is 6.44. The highest BCUT2D eigenvalue weighted by Crippen LogP contribution is 2.43. The van der Waals surface area contributed by atoms with Gasteiger partial charge in [-0.15, -0.1) is 0 Å². The van der Waals surface area contributed by atoms with Gasteiger partial charge in [-0.3, -0.25) is 14.4 Å². The van der Waals surface area contributed by atoms with Crippen LogP contribution in [0.15, 0.2) is 18.2 Å². The van der Waals surface area contributed by atoms with Crippen molar-refractivity contribution in [2.45, 2.75) is 24.8 Å². The molecule has 3 heterocycles. The lowest BCUT2D eigenvalue weighted by Gasteiger charge is -2.45. The van der Waals surface area contributed by atoms with Gasteiger partial charge in [0.2, 0.25) is 5.91 Å². The SMILES string of the molecule is CN1C(=O)C[C@H](C(=O)O)C12CCN(C(=O)c1ccc3c(c1)OCCO3)CC2. The van der Waals surface area contributed by atoms with Crippen LogP contribution < -0.4 is 9.47 Å². The maximum atomic E-state index is 12.9. The van der Waals surface area contributed by atoms with Crippen LogP contribution in [0.3, 0.4) is 0 Å². The monoisotopic (exact) mass is 374 g/mol. The topological polar surface area (TPSA) is 96.4 Å². The summed E-state index contributed by atoms with van der Waals surface area (Å²) in [4.78, 5) is 39.9. The van der Waals surface area contributed by atoms with E-state index in [1.807, 2.05) is 0 Å². The van der Waals surface area contributed by atoms with E-state index in [0.29, 0.717) is 56.2 Å². The Kier molecular flexibility index (Phi) is 4.20. The van der Waals surface area contributed by atoms with Crippen LogP contribution in [0.1, 0.15) is 29.6 Å². The lowest BCUT2D eigenvalue weighted by molar-refractivity contribution is -0.145.